The number of carbonyl (C=O) groups excluding carboxylic acids is 1. The van der Waals surface area contributed by atoms with Crippen molar-refractivity contribution in [1.29, 1.82) is 0 Å². The molecule has 0 spiro atoms. The van der Waals surface area contributed by atoms with E-state index in [2.05, 4.69) is 38.1 Å². The van der Waals surface area contributed by atoms with Gasteiger partial charge in [-0.2, -0.15) is 0 Å². The number of aryl methyl sites for hydroxylation is 2. The quantitative estimate of drug-likeness (QED) is 0.380. The smallest absolute Gasteiger partial charge is 0.234 e. The first-order chi connectivity index (χ1) is 13.4. The number of halogens is 1. The number of para-hydroxylation sites is 1. The Morgan fingerprint density at radius 3 is 2.50 bits per heavy atom. The number of rotatable bonds is 7. The number of ether oxygens (including phenoxy) is 1. The molecule has 1 N–H and O–H groups in total. The maximum absolute atomic E-state index is 12.2. The topological polar surface area (TPSA) is 69.0 Å². The van der Waals surface area contributed by atoms with Crippen molar-refractivity contribution in [3.05, 3.63) is 63.0 Å². The fraction of sp³-hybridized carbons (Fsp3) is 0.250. The summed E-state index contributed by atoms with van der Waals surface area (Å²) in [5.41, 5.74) is 2.96. The number of nitrogens with zero attached hydrogens (tertiary/aromatic N) is 3. The lowest BCUT2D eigenvalue weighted by molar-refractivity contribution is -0.113. The molecule has 0 atom stereocenters. The number of thioether (sulfide) groups is 1. The van der Waals surface area contributed by atoms with Crippen molar-refractivity contribution in [3.8, 4) is 5.75 Å². The second-order valence-electron chi connectivity index (χ2n) is 6.31. The largest absolute Gasteiger partial charge is 0.485 e. The van der Waals surface area contributed by atoms with Crippen molar-refractivity contribution in [2.24, 2.45) is 7.05 Å². The molecule has 0 aliphatic rings. The lowest BCUT2D eigenvalue weighted by Crippen LogP contribution is -2.14. The van der Waals surface area contributed by atoms with Crippen LogP contribution in [-0.2, 0) is 18.4 Å². The zero-order chi connectivity index (χ0) is 20.1. The maximum atomic E-state index is 12.2. The number of nitrogens with one attached hydrogen (secondary N) is 1. The van der Waals surface area contributed by atoms with Crippen molar-refractivity contribution in [3.63, 3.8) is 0 Å². The van der Waals surface area contributed by atoms with Gasteiger partial charge in [0.2, 0.25) is 5.91 Å². The van der Waals surface area contributed by atoms with Crippen LogP contribution in [-0.4, -0.2) is 26.4 Å². The number of hydrogen-bond acceptors (Lipinski definition) is 5. The predicted octanol–water partition coefficient (Wildman–Crippen LogP) is 4.35. The normalized spacial score (nSPS) is 10.7. The van der Waals surface area contributed by atoms with Crippen LogP contribution in [0.25, 0.3) is 0 Å². The molecule has 1 amide bonds. The van der Waals surface area contributed by atoms with Gasteiger partial charge in [-0.1, -0.05) is 30.0 Å². The summed E-state index contributed by atoms with van der Waals surface area (Å²) in [6.45, 7) is 4.36. The Balaban J connectivity index is 1.55. The first-order valence-electron chi connectivity index (χ1n) is 8.69. The molecule has 2 aromatic carbocycles. The molecular weight excluding hydrogens is 487 g/mol. The minimum absolute atomic E-state index is 0.0810. The summed E-state index contributed by atoms with van der Waals surface area (Å²) >= 11 is 3.58. The van der Waals surface area contributed by atoms with Crippen LogP contribution in [0.2, 0.25) is 0 Å². The Labute approximate surface area is 182 Å². The molecule has 1 heterocycles. The highest BCUT2D eigenvalue weighted by Gasteiger charge is 2.13. The second-order valence-corrected chi connectivity index (χ2v) is 8.50. The molecule has 0 fully saturated rings. The first kappa shape index (κ1) is 20.7. The van der Waals surface area contributed by atoms with Crippen molar-refractivity contribution >= 4 is 45.9 Å². The Hall–Kier alpha value is -2.07. The SMILES string of the molecule is Cc1cccc(C)c1OCc1nnc(SCC(=O)Nc2ccc(I)cc2)n1C. The molecule has 0 unspecified atom stereocenters. The van der Waals surface area contributed by atoms with Gasteiger partial charge >= 0.3 is 0 Å². The summed E-state index contributed by atoms with van der Waals surface area (Å²) in [5, 5.41) is 11.9. The lowest BCUT2D eigenvalue weighted by Gasteiger charge is -2.11. The Morgan fingerprint density at radius 2 is 1.82 bits per heavy atom. The number of carbonyl (C=O) groups is 1. The van der Waals surface area contributed by atoms with Crippen molar-refractivity contribution in [2.45, 2.75) is 25.6 Å². The van der Waals surface area contributed by atoms with Gasteiger partial charge in [-0.25, -0.2) is 0 Å². The molecule has 0 aliphatic heterocycles. The molecule has 6 nitrogen and oxygen atoms in total. The number of hydrogen-bond donors (Lipinski definition) is 1. The van der Waals surface area contributed by atoms with Gasteiger partial charge < -0.3 is 14.6 Å². The highest BCUT2D eigenvalue weighted by Crippen LogP contribution is 2.24. The number of aromatic nitrogens is 3. The van der Waals surface area contributed by atoms with E-state index in [-0.39, 0.29) is 11.7 Å². The van der Waals surface area contributed by atoms with E-state index >= 15 is 0 Å². The standard InChI is InChI=1S/C20H21IN4O2S/c1-13-5-4-6-14(2)19(13)27-11-17-23-24-20(25(17)3)28-12-18(26)22-16-9-7-15(21)8-10-16/h4-10H,11-12H2,1-3H3,(H,22,26). The summed E-state index contributed by atoms with van der Waals surface area (Å²) in [5.74, 6) is 1.76. The van der Waals surface area contributed by atoms with Crippen molar-refractivity contribution in [1.82, 2.24) is 14.8 Å². The highest BCUT2D eigenvalue weighted by molar-refractivity contribution is 14.1. The van der Waals surface area contributed by atoms with Crippen LogP contribution in [0, 0.1) is 17.4 Å². The van der Waals surface area contributed by atoms with Gasteiger partial charge in [0, 0.05) is 16.3 Å². The average molecular weight is 508 g/mol. The fourth-order valence-corrected chi connectivity index (χ4v) is 3.71. The van der Waals surface area contributed by atoms with Crippen LogP contribution in [0.1, 0.15) is 17.0 Å². The molecule has 0 radical (unpaired) electrons. The summed E-state index contributed by atoms with van der Waals surface area (Å²) in [6.07, 6.45) is 0. The number of amides is 1. The van der Waals surface area contributed by atoms with E-state index < -0.39 is 0 Å². The lowest BCUT2D eigenvalue weighted by atomic mass is 10.1. The van der Waals surface area contributed by atoms with Gasteiger partial charge in [0.25, 0.3) is 0 Å². The first-order valence-corrected chi connectivity index (χ1v) is 10.8. The maximum Gasteiger partial charge on any atom is 0.234 e. The van der Waals surface area contributed by atoms with Crippen LogP contribution in [0.3, 0.4) is 0 Å². The van der Waals surface area contributed by atoms with E-state index in [1.807, 2.05) is 67.9 Å². The molecule has 1 aromatic heterocycles. The molecule has 0 saturated heterocycles. The molecule has 146 valence electrons. The second kappa shape index (κ2) is 9.42. The summed E-state index contributed by atoms with van der Waals surface area (Å²) in [6, 6.07) is 13.7. The van der Waals surface area contributed by atoms with E-state index in [9.17, 15) is 4.79 Å². The van der Waals surface area contributed by atoms with Crippen LogP contribution in [0.4, 0.5) is 5.69 Å². The van der Waals surface area contributed by atoms with Crippen molar-refractivity contribution < 1.29 is 9.53 Å². The highest BCUT2D eigenvalue weighted by atomic mass is 127. The van der Waals surface area contributed by atoms with Crippen LogP contribution >= 0.6 is 34.4 Å². The minimum atomic E-state index is -0.0810. The van der Waals surface area contributed by atoms with Crippen LogP contribution in [0.15, 0.2) is 47.6 Å². The fourth-order valence-electron chi connectivity index (χ4n) is 2.62. The molecule has 0 bridgehead atoms. The Morgan fingerprint density at radius 1 is 1.14 bits per heavy atom. The minimum Gasteiger partial charge on any atom is -0.485 e. The van der Waals surface area contributed by atoms with Gasteiger partial charge in [0.1, 0.15) is 12.4 Å². The van der Waals surface area contributed by atoms with E-state index in [0.29, 0.717) is 17.6 Å². The van der Waals surface area contributed by atoms with E-state index in [1.54, 1.807) is 0 Å². The Kier molecular flexibility index (Phi) is 6.95. The molecule has 8 heteroatoms. The third-order valence-electron chi connectivity index (χ3n) is 4.14. The molecule has 3 rings (SSSR count). The van der Waals surface area contributed by atoms with Crippen LogP contribution in [0.5, 0.6) is 5.75 Å². The Bertz CT molecular complexity index is 953. The third-order valence-corrected chi connectivity index (χ3v) is 5.88. The number of benzene rings is 2. The van der Waals surface area contributed by atoms with Crippen LogP contribution < -0.4 is 10.1 Å². The molecular formula is C20H21IN4O2S. The molecule has 3 aromatic rings. The monoisotopic (exact) mass is 508 g/mol. The average Bonchev–Trinajstić information content (AvgIpc) is 3.01. The van der Waals surface area contributed by atoms with E-state index in [0.717, 1.165) is 26.1 Å². The third kappa shape index (κ3) is 5.26. The predicted molar refractivity (Wildman–Crippen MR) is 120 cm³/mol. The van der Waals surface area contributed by atoms with Gasteiger partial charge in [-0.3, -0.25) is 4.79 Å². The summed E-state index contributed by atoms with van der Waals surface area (Å²) < 4.78 is 8.93. The summed E-state index contributed by atoms with van der Waals surface area (Å²) in [4.78, 5) is 12.2. The zero-order valence-corrected chi connectivity index (χ0v) is 18.9. The van der Waals surface area contributed by atoms with E-state index in [1.165, 1.54) is 11.8 Å². The molecule has 0 saturated carbocycles. The van der Waals surface area contributed by atoms with Gasteiger partial charge in [-0.15, -0.1) is 10.2 Å². The van der Waals surface area contributed by atoms with Gasteiger partial charge in [0.05, 0.1) is 5.75 Å². The van der Waals surface area contributed by atoms with Gasteiger partial charge in [0.15, 0.2) is 11.0 Å². The van der Waals surface area contributed by atoms with Crippen molar-refractivity contribution in [2.75, 3.05) is 11.1 Å². The zero-order valence-electron chi connectivity index (χ0n) is 15.9. The molecule has 0 aliphatic carbocycles. The number of anilines is 1. The summed E-state index contributed by atoms with van der Waals surface area (Å²) in [7, 11) is 1.88. The van der Waals surface area contributed by atoms with Gasteiger partial charge in [-0.05, 0) is 71.8 Å². The molecule has 28 heavy (non-hydrogen) atoms. The van der Waals surface area contributed by atoms with E-state index in [4.69, 9.17) is 4.74 Å².